The van der Waals surface area contributed by atoms with E-state index in [0.29, 0.717) is 23.8 Å². The third-order valence-corrected chi connectivity index (χ3v) is 3.22. The fourth-order valence-electron chi connectivity index (χ4n) is 2.05. The number of hydrogen-bond acceptors (Lipinski definition) is 6. The normalized spacial score (nSPS) is 10.3. The average molecular weight is 325 g/mol. The zero-order valence-electron chi connectivity index (χ0n) is 14.6. The van der Waals surface area contributed by atoms with E-state index in [4.69, 9.17) is 14.2 Å². The molecule has 1 rings (SSSR count). The molecule has 0 unspecified atom stereocenters. The molecule has 0 saturated heterocycles. The topological polar surface area (TPSA) is 72.1 Å². The minimum absolute atomic E-state index is 0.0579. The van der Waals surface area contributed by atoms with Gasteiger partial charge >= 0.3 is 0 Å². The quantitative estimate of drug-likeness (QED) is 0.630. The van der Waals surface area contributed by atoms with Crippen LogP contribution in [0, 0.1) is 0 Å². The Balaban J connectivity index is 2.55. The van der Waals surface area contributed by atoms with E-state index in [1.165, 1.54) is 0 Å². The first-order valence-corrected chi connectivity index (χ1v) is 7.47. The Labute approximate surface area is 137 Å². The number of carbonyl (C=O) groups excluding carboxylic acids is 1. The fourth-order valence-corrected chi connectivity index (χ4v) is 2.05. The molecule has 0 fully saturated rings. The number of methoxy groups -OCH3 is 3. The van der Waals surface area contributed by atoms with Crippen molar-refractivity contribution < 1.29 is 19.0 Å². The van der Waals surface area contributed by atoms with E-state index in [1.807, 2.05) is 14.1 Å². The van der Waals surface area contributed by atoms with Crippen LogP contribution in [-0.4, -0.2) is 65.9 Å². The Morgan fingerprint density at radius 3 is 2.17 bits per heavy atom. The molecular formula is C16H27N3O4. The summed E-state index contributed by atoms with van der Waals surface area (Å²) >= 11 is 0. The highest BCUT2D eigenvalue weighted by atomic mass is 16.5. The Hall–Kier alpha value is -2.15. The standard InChI is InChI=1S/C16H27N3O4/c1-19(2)8-6-7-17-15(20)11-18-12-9-13(21-3)16(23-5)14(10-12)22-4/h9-10,18H,6-8,11H2,1-5H3,(H,17,20). The van der Waals surface area contributed by atoms with Crippen LogP contribution >= 0.6 is 0 Å². The molecule has 0 saturated carbocycles. The first-order valence-electron chi connectivity index (χ1n) is 7.47. The van der Waals surface area contributed by atoms with Crippen LogP contribution in [0.15, 0.2) is 12.1 Å². The van der Waals surface area contributed by atoms with Gasteiger partial charge in [0.2, 0.25) is 11.7 Å². The molecule has 0 aliphatic carbocycles. The molecule has 7 heteroatoms. The van der Waals surface area contributed by atoms with Crippen molar-refractivity contribution in [3.63, 3.8) is 0 Å². The number of amides is 1. The Kier molecular flexibility index (Phi) is 8.04. The number of nitrogens with zero attached hydrogens (tertiary/aromatic N) is 1. The van der Waals surface area contributed by atoms with Gasteiger partial charge in [-0.05, 0) is 27.1 Å². The second-order valence-corrected chi connectivity index (χ2v) is 5.27. The third-order valence-electron chi connectivity index (χ3n) is 3.22. The van der Waals surface area contributed by atoms with E-state index >= 15 is 0 Å². The van der Waals surface area contributed by atoms with Crippen LogP contribution < -0.4 is 24.8 Å². The van der Waals surface area contributed by atoms with Crippen LogP contribution in [0.4, 0.5) is 5.69 Å². The van der Waals surface area contributed by atoms with Crippen molar-refractivity contribution in [1.82, 2.24) is 10.2 Å². The molecule has 130 valence electrons. The molecule has 0 bridgehead atoms. The third kappa shape index (κ3) is 6.23. The van der Waals surface area contributed by atoms with Crippen LogP contribution in [0.1, 0.15) is 6.42 Å². The fraction of sp³-hybridized carbons (Fsp3) is 0.562. The predicted molar refractivity (Wildman–Crippen MR) is 90.8 cm³/mol. The number of benzene rings is 1. The lowest BCUT2D eigenvalue weighted by molar-refractivity contribution is -0.119. The summed E-state index contributed by atoms with van der Waals surface area (Å²) in [6.45, 7) is 1.79. The van der Waals surface area contributed by atoms with Gasteiger partial charge in [0.1, 0.15) is 0 Å². The largest absolute Gasteiger partial charge is 0.493 e. The van der Waals surface area contributed by atoms with Crippen molar-refractivity contribution in [2.75, 3.05) is 60.4 Å². The van der Waals surface area contributed by atoms with Crippen molar-refractivity contribution in [3.8, 4) is 17.2 Å². The molecule has 0 heterocycles. The van der Waals surface area contributed by atoms with Crippen LogP contribution in [0.5, 0.6) is 17.2 Å². The lowest BCUT2D eigenvalue weighted by Gasteiger charge is -2.15. The lowest BCUT2D eigenvalue weighted by atomic mass is 10.2. The molecule has 23 heavy (non-hydrogen) atoms. The smallest absolute Gasteiger partial charge is 0.239 e. The number of nitrogens with one attached hydrogen (secondary N) is 2. The summed E-state index contributed by atoms with van der Waals surface area (Å²) in [5, 5.41) is 5.93. The minimum atomic E-state index is -0.0579. The van der Waals surface area contributed by atoms with Crippen LogP contribution in [0.2, 0.25) is 0 Å². The lowest BCUT2D eigenvalue weighted by Crippen LogP contribution is -2.32. The second-order valence-electron chi connectivity index (χ2n) is 5.27. The molecule has 0 aromatic heterocycles. The molecule has 0 spiro atoms. The van der Waals surface area contributed by atoms with Gasteiger partial charge in [0, 0.05) is 24.4 Å². The first kappa shape index (κ1) is 18.9. The van der Waals surface area contributed by atoms with Gasteiger partial charge in [0.15, 0.2) is 11.5 Å². The highest BCUT2D eigenvalue weighted by molar-refractivity contribution is 5.81. The monoisotopic (exact) mass is 325 g/mol. The van der Waals surface area contributed by atoms with Crippen molar-refractivity contribution in [2.24, 2.45) is 0 Å². The van der Waals surface area contributed by atoms with Crippen molar-refractivity contribution >= 4 is 11.6 Å². The minimum Gasteiger partial charge on any atom is -0.493 e. The van der Waals surface area contributed by atoms with Gasteiger partial charge in [-0.2, -0.15) is 0 Å². The van der Waals surface area contributed by atoms with Gasteiger partial charge in [-0.15, -0.1) is 0 Å². The van der Waals surface area contributed by atoms with Gasteiger partial charge in [0.25, 0.3) is 0 Å². The molecule has 0 aliphatic rings. The van der Waals surface area contributed by atoms with Crippen LogP contribution in [-0.2, 0) is 4.79 Å². The van der Waals surface area contributed by atoms with Crippen molar-refractivity contribution in [3.05, 3.63) is 12.1 Å². The molecule has 2 N–H and O–H groups in total. The summed E-state index contributed by atoms with van der Waals surface area (Å²) in [5.41, 5.74) is 0.725. The predicted octanol–water partition coefficient (Wildman–Crippen LogP) is 1.19. The van der Waals surface area contributed by atoms with Crippen LogP contribution in [0.25, 0.3) is 0 Å². The van der Waals surface area contributed by atoms with Gasteiger partial charge in [-0.25, -0.2) is 0 Å². The molecule has 0 atom stereocenters. The van der Waals surface area contributed by atoms with Gasteiger partial charge < -0.3 is 29.7 Å². The maximum Gasteiger partial charge on any atom is 0.239 e. The Morgan fingerprint density at radius 1 is 1.09 bits per heavy atom. The molecule has 0 radical (unpaired) electrons. The maximum atomic E-state index is 11.8. The highest BCUT2D eigenvalue weighted by Gasteiger charge is 2.13. The Bertz CT molecular complexity index is 481. The number of ether oxygens (including phenoxy) is 3. The summed E-state index contributed by atoms with van der Waals surface area (Å²) in [6, 6.07) is 3.53. The van der Waals surface area contributed by atoms with E-state index in [2.05, 4.69) is 15.5 Å². The van der Waals surface area contributed by atoms with Crippen LogP contribution in [0.3, 0.4) is 0 Å². The van der Waals surface area contributed by atoms with Crippen molar-refractivity contribution in [2.45, 2.75) is 6.42 Å². The SMILES string of the molecule is COc1cc(NCC(=O)NCCCN(C)C)cc(OC)c1OC. The number of anilines is 1. The summed E-state index contributed by atoms with van der Waals surface area (Å²) < 4.78 is 15.8. The second kappa shape index (κ2) is 9.78. The van der Waals surface area contributed by atoms with E-state index in [-0.39, 0.29) is 12.5 Å². The van der Waals surface area contributed by atoms with Gasteiger partial charge in [0.05, 0.1) is 27.9 Å². The number of rotatable bonds is 10. The molecule has 0 aliphatic heterocycles. The molecule has 1 aromatic carbocycles. The maximum absolute atomic E-state index is 11.8. The van der Waals surface area contributed by atoms with E-state index in [0.717, 1.165) is 18.7 Å². The summed E-state index contributed by atoms with van der Waals surface area (Å²) in [5.74, 6) is 1.55. The zero-order chi connectivity index (χ0) is 17.2. The number of hydrogen-bond donors (Lipinski definition) is 2. The molecular weight excluding hydrogens is 298 g/mol. The molecule has 7 nitrogen and oxygen atoms in total. The van der Waals surface area contributed by atoms with Gasteiger partial charge in [-0.1, -0.05) is 0 Å². The van der Waals surface area contributed by atoms with E-state index in [9.17, 15) is 4.79 Å². The first-order chi connectivity index (χ1) is 11.0. The summed E-state index contributed by atoms with van der Waals surface area (Å²) in [4.78, 5) is 13.9. The molecule has 1 amide bonds. The van der Waals surface area contributed by atoms with E-state index in [1.54, 1.807) is 33.5 Å². The van der Waals surface area contributed by atoms with Gasteiger partial charge in [-0.3, -0.25) is 4.79 Å². The summed E-state index contributed by atoms with van der Waals surface area (Å²) in [7, 11) is 8.67. The Morgan fingerprint density at radius 2 is 1.70 bits per heavy atom. The average Bonchev–Trinajstić information content (AvgIpc) is 2.55. The zero-order valence-corrected chi connectivity index (χ0v) is 14.6. The number of carbonyl (C=O) groups is 1. The summed E-state index contributed by atoms with van der Waals surface area (Å²) in [6.07, 6.45) is 0.920. The highest BCUT2D eigenvalue weighted by Crippen LogP contribution is 2.39. The van der Waals surface area contributed by atoms with E-state index < -0.39 is 0 Å². The van der Waals surface area contributed by atoms with Crippen molar-refractivity contribution in [1.29, 1.82) is 0 Å². The molecule has 1 aromatic rings.